The van der Waals surface area contributed by atoms with Gasteiger partial charge < -0.3 is 14.3 Å². The highest BCUT2D eigenvalue weighted by Gasteiger charge is 2.21. The number of phenolic OH excluding ortho intramolecular Hbond substituents is 1. The highest BCUT2D eigenvalue weighted by atomic mass is 16.5. The quantitative estimate of drug-likeness (QED) is 0.650. The number of phenols is 1. The highest BCUT2D eigenvalue weighted by molar-refractivity contribution is 6.09. The smallest absolute Gasteiger partial charge is 0.342 e. The molecule has 0 spiro atoms. The van der Waals surface area contributed by atoms with Crippen LogP contribution in [0.3, 0.4) is 0 Å². The fraction of sp³-hybridized carbons (Fsp3) is 0.167. The minimum absolute atomic E-state index is 0.0127. The summed E-state index contributed by atoms with van der Waals surface area (Å²) in [6.07, 6.45) is 0.448. The molecule has 0 fully saturated rings. The molecule has 5 heteroatoms. The van der Waals surface area contributed by atoms with Crippen molar-refractivity contribution in [2.75, 3.05) is 6.61 Å². The van der Waals surface area contributed by atoms with Crippen molar-refractivity contribution in [3.8, 4) is 5.75 Å². The normalized spacial score (nSPS) is 10.4. The molecule has 17 heavy (non-hydrogen) atoms. The third kappa shape index (κ3) is 1.87. The zero-order valence-corrected chi connectivity index (χ0v) is 9.10. The molecule has 0 saturated carbocycles. The molecule has 0 aliphatic carbocycles. The van der Waals surface area contributed by atoms with Crippen LogP contribution in [0, 0.1) is 0 Å². The lowest BCUT2D eigenvalue weighted by Crippen LogP contribution is -2.06. The molecule has 0 atom stereocenters. The molecule has 88 valence electrons. The number of furan rings is 1. The third-order valence-corrected chi connectivity index (χ3v) is 2.29. The molecule has 5 nitrogen and oxygen atoms in total. The lowest BCUT2D eigenvalue weighted by atomic mass is 10.1. The molecule has 0 amide bonds. The number of carbonyl (C=O) groups is 2. The fourth-order valence-electron chi connectivity index (χ4n) is 1.60. The molecule has 2 aromatic rings. The monoisotopic (exact) mass is 234 g/mol. The van der Waals surface area contributed by atoms with Gasteiger partial charge in [-0.15, -0.1) is 0 Å². The average molecular weight is 234 g/mol. The largest absolute Gasteiger partial charge is 0.508 e. The Kier molecular flexibility index (Phi) is 2.82. The van der Waals surface area contributed by atoms with Gasteiger partial charge in [0.15, 0.2) is 12.0 Å². The second-order valence-electron chi connectivity index (χ2n) is 3.36. The third-order valence-electron chi connectivity index (χ3n) is 2.29. The van der Waals surface area contributed by atoms with Crippen molar-refractivity contribution in [3.63, 3.8) is 0 Å². The van der Waals surface area contributed by atoms with Crippen LogP contribution in [0.2, 0.25) is 0 Å². The van der Waals surface area contributed by atoms with Crippen LogP contribution in [0.25, 0.3) is 11.0 Å². The van der Waals surface area contributed by atoms with Crippen molar-refractivity contribution in [2.45, 2.75) is 6.92 Å². The molecular weight excluding hydrogens is 224 g/mol. The number of esters is 1. The molecule has 0 unspecified atom stereocenters. The Labute approximate surface area is 96.6 Å². The van der Waals surface area contributed by atoms with Crippen molar-refractivity contribution in [1.82, 2.24) is 0 Å². The summed E-state index contributed by atoms with van der Waals surface area (Å²) < 4.78 is 10.0. The van der Waals surface area contributed by atoms with Crippen molar-refractivity contribution in [2.24, 2.45) is 0 Å². The van der Waals surface area contributed by atoms with Crippen LogP contribution < -0.4 is 0 Å². The van der Waals surface area contributed by atoms with Gasteiger partial charge in [0.25, 0.3) is 0 Å². The molecule has 0 aliphatic rings. The van der Waals surface area contributed by atoms with Gasteiger partial charge in [-0.2, -0.15) is 0 Å². The summed E-state index contributed by atoms with van der Waals surface area (Å²) >= 11 is 0. The van der Waals surface area contributed by atoms with Crippen molar-refractivity contribution in [1.29, 1.82) is 0 Å². The zero-order chi connectivity index (χ0) is 12.4. The van der Waals surface area contributed by atoms with E-state index in [1.54, 1.807) is 6.92 Å². The Morgan fingerprint density at radius 1 is 1.53 bits per heavy atom. The Bertz CT molecular complexity index is 582. The molecule has 1 heterocycles. The minimum atomic E-state index is -0.640. The van der Waals surface area contributed by atoms with Gasteiger partial charge in [-0.05, 0) is 25.1 Å². The zero-order valence-electron chi connectivity index (χ0n) is 9.10. The van der Waals surface area contributed by atoms with Crippen LogP contribution in [-0.4, -0.2) is 24.0 Å². The summed E-state index contributed by atoms with van der Waals surface area (Å²) in [7, 11) is 0. The van der Waals surface area contributed by atoms with Crippen molar-refractivity contribution in [3.05, 3.63) is 29.5 Å². The van der Waals surface area contributed by atoms with Crippen LogP contribution in [0.4, 0.5) is 0 Å². The van der Waals surface area contributed by atoms with Gasteiger partial charge in [0.1, 0.15) is 16.9 Å². The lowest BCUT2D eigenvalue weighted by molar-refractivity contribution is 0.0525. The van der Waals surface area contributed by atoms with Gasteiger partial charge in [0, 0.05) is 5.39 Å². The van der Waals surface area contributed by atoms with E-state index in [0.717, 1.165) is 0 Å². The van der Waals surface area contributed by atoms with E-state index in [4.69, 9.17) is 9.15 Å². The first-order chi connectivity index (χ1) is 8.17. The predicted octanol–water partition coefficient (Wildman–Crippen LogP) is 2.13. The summed E-state index contributed by atoms with van der Waals surface area (Å²) in [5, 5.41) is 9.73. The number of fused-ring (bicyclic) bond motifs is 1. The van der Waals surface area contributed by atoms with Gasteiger partial charge in [-0.25, -0.2) is 4.79 Å². The molecular formula is C12H10O5. The van der Waals surface area contributed by atoms with E-state index in [1.165, 1.54) is 18.2 Å². The van der Waals surface area contributed by atoms with E-state index >= 15 is 0 Å². The number of hydrogen-bond acceptors (Lipinski definition) is 5. The van der Waals surface area contributed by atoms with Gasteiger partial charge >= 0.3 is 5.97 Å². The van der Waals surface area contributed by atoms with Gasteiger partial charge in [0.05, 0.1) is 6.61 Å². The summed E-state index contributed by atoms with van der Waals surface area (Å²) in [5.41, 5.74) is 0.403. The molecule has 0 bridgehead atoms. The van der Waals surface area contributed by atoms with Crippen LogP contribution in [0.1, 0.15) is 27.8 Å². The topological polar surface area (TPSA) is 76.7 Å². The van der Waals surface area contributed by atoms with E-state index in [-0.39, 0.29) is 23.7 Å². The number of ether oxygens (including phenoxy) is 1. The molecule has 0 saturated heterocycles. The first kappa shape index (κ1) is 11.2. The molecule has 1 aromatic carbocycles. The standard InChI is InChI=1S/C12H10O5/c1-2-16-12(15)11-8-5-7(14)3-4-9(8)17-10(11)6-13/h3-6,14H,2H2,1H3. The molecule has 0 radical (unpaired) electrons. The Balaban J connectivity index is 2.68. The Hall–Kier alpha value is -2.30. The first-order valence-corrected chi connectivity index (χ1v) is 5.05. The Morgan fingerprint density at radius 2 is 2.29 bits per heavy atom. The van der Waals surface area contributed by atoms with Gasteiger partial charge in [0.2, 0.25) is 0 Å². The van der Waals surface area contributed by atoms with E-state index in [2.05, 4.69) is 0 Å². The molecule has 2 rings (SSSR count). The van der Waals surface area contributed by atoms with Crippen molar-refractivity contribution < 1.29 is 23.8 Å². The second-order valence-corrected chi connectivity index (χ2v) is 3.36. The van der Waals surface area contributed by atoms with Crippen LogP contribution >= 0.6 is 0 Å². The SMILES string of the molecule is CCOC(=O)c1c(C=O)oc2ccc(O)cc12. The molecule has 1 aromatic heterocycles. The predicted molar refractivity (Wildman–Crippen MR) is 59.2 cm³/mol. The average Bonchev–Trinajstić information content (AvgIpc) is 2.66. The van der Waals surface area contributed by atoms with Crippen LogP contribution in [-0.2, 0) is 4.74 Å². The van der Waals surface area contributed by atoms with Crippen molar-refractivity contribution >= 4 is 23.2 Å². The minimum Gasteiger partial charge on any atom is -0.508 e. The van der Waals surface area contributed by atoms with Gasteiger partial charge in [-0.1, -0.05) is 0 Å². The Morgan fingerprint density at radius 3 is 2.94 bits per heavy atom. The second kappa shape index (κ2) is 4.29. The highest BCUT2D eigenvalue weighted by Crippen LogP contribution is 2.28. The van der Waals surface area contributed by atoms with Crippen LogP contribution in [0.5, 0.6) is 5.75 Å². The number of aromatic hydroxyl groups is 1. The molecule has 0 aliphatic heterocycles. The number of rotatable bonds is 3. The summed E-state index contributed by atoms with van der Waals surface area (Å²) in [6.45, 7) is 1.86. The number of benzene rings is 1. The van der Waals surface area contributed by atoms with E-state index in [9.17, 15) is 14.7 Å². The summed E-state index contributed by atoms with van der Waals surface area (Å²) in [4.78, 5) is 22.5. The maximum Gasteiger partial charge on any atom is 0.342 e. The van der Waals surface area contributed by atoms with Gasteiger partial charge in [-0.3, -0.25) is 4.79 Å². The fourth-order valence-corrected chi connectivity index (χ4v) is 1.60. The maximum absolute atomic E-state index is 11.7. The van der Waals surface area contributed by atoms with Crippen LogP contribution in [0.15, 0.2) is 22.6 Å². The van der Waals surface area contributed by atoms with E-state index in [1.807, 2.05) is 0 Å². The first-order valence-electron chi connectivity index (χ1n) is 5.05. The lowest BCUT2D eigenvalue weighted by Gasteiger charge is -1.99. The van der Waals surface area contributed by atoms with E-state index in [0.29, 0.717) is 17.3 Å². The summed E-state index contributed by atoms with van der Waals surface area (Å²) in [5.74, 6) is -0.746. The maximum atomic E-state index is 11.7. The molecule has 1 N–H and O–H groups in total. The van der Waals surface area contributed by atoms with E-state index < -0.39 is 5.97 Å². The number of aldehydes is 1. The number of hydrogen-bond donors (Lipinski definition) is 1. The summed E-state index contributed by atoms with van der Waals surface area (Å²) in [6, 6.07) is 4.26. The number of carbonyl (C=O) groups excluding carboxylic acids is 2.